The number of anilines is 1. The van der Waals surface area contributed by atoms with Gasteiger partial charge in [-0.25, -0.2) is 4.39 Å². The largest absolute Gasteiger partial charge is 0.367 e. The molecule has 2 amide bonds. The van der Waals surface area contributed by atoms with Crippen molar-refractivity contribution < 1.29 is 14.0 Å². The van der Waals surface area contributed by atoms with Crippen LogP contribution >= 0.6 is 11.3 Å². The summed E-state index contributed by atoms with van der Waals surface area (Å²) in [7, 11) is 0. The van der Waals surface area contributed by atoms with Gasteiger partial charge in [-0.15, -0.1) is 11.3 Å². The van der Waals surface area contributed by atoms with Crippen molar-refractivity contribution in [2.24, 2.45) is 5.73 Å². The molecule has 0 radical (unpaired) electrons. The van der Waals surface area contributed by atoms with Crippen molar-refractivity contribution in [3.8, 4) is 0 Å². The lowest BCUT2D eigenvalue weighted by Gasteiger charge is -2.36. The Balaban J connectivity index is 1.73. The highest BCUT2D eigenvalue weighted by Gasteiger charge is 2.26. The second-order valence-electron chi connectivity index (χ2n) is 5.69. The summed E-state index contributed by atoms with van der Waals surface area (Å²) in [5.74, 6) is -1.38. The lowest BCUT2D eigenvalue weighted by molar-refractivity contribution is 0.0751. The van der Waals surface area contributed by atoms with Crippen LogP contribution < -0.4 is 10.6 Å². The number of rotatable bonds is 3. The van der Waals surface area contributed by atoms with Gasteiger partial charge in [0, 0.05) is 31.1 Å². The van der Waals surface area contributed by atoms with Gasteiger partial charge in [0.15, 0.2) is 0 Å². The van der Waals surface area contributed by atoms with Gasteiger partial charge >= 0.3 is 0 Å². The molecule has 0 saturated carbocycles. The zero-order chi connectivity index (χ0) is 17.3. The predicted octanol–water partition coefficient (Wildman–Crippen LogP) is 2.26. The van der Waals surface area contributed by atoms with E-state index in [9.17, 15) is 14.0 Å². The van der Waals surface area contributed by atoms with Crippen molar-refractivity contribution in [3.63, 3.8) is 0 Å². The molecule has 0 atom stereocenters. The molecule has 24 heavy (non-hydrogen) atoms. The molecule has 1 saturated heterocycles. The molecule has 0 bridgehead atoms. The highest BCUT2D eigenvalue weighted by Crippen LogP contribution is 2.25. The number of hydrogen-bond donors (Lipinski definition) is 1. The van der Waals surface area contributed by atoms with Crippen molar-refractivity contribution in [1.82, 2.24) is 4.90 Å². The Morgan fingerprint density at radius 3 is 2.42 bits per heavy atom. The van der Waals surface area contributed by atoms with E-state index in [1.165, 1.54) is 17.4 Å². The Labute approximate surface area is 143 Å². The SMILES string of the molecule is Cc1ccc(C(=O)N2CCN(c3cccc(F)c3C(N)=O)CC2)s1. The van der Waals surface area contributed by atoms with E-state index in [4.69, 9.17) is 5.73 Å². The Bertz CT molecular complexity index is 782. The van der Waals surface area contributed by atoms with E-state index < -0.39 is 11.7 Å². The van der Waals surface area contributed by atoms with Crippen LogP contribution in [0.15, 0.2) is 30.3 Å². The zero-order valence-electron chi connectivity index (χ0n) is 13.3. The van der Waals surface area contributed by atoms with E-state index in [0.717, 1.165) is 9.75 Å². The molecule has 2 heterocycles. The van der Waals surface area contributed by atoms with Gasteiger partial charge in [-0.2, -0.15) is 0 Å². The monoisotopic (exact) mass is 347 g/mol. The highest BCUT2D eigenvalue weighted by atomic mass is 32.1. The maximum absolute atomic E-state index is 13.9. The predicted molar refractivity (Wildman–Crippen MR) is 92.1 cm³/mol. The second-order valence-corrected chi connectivity index (χ2v) is 6.98. The third-order valence-corrected chi connectivity index (χ3v) is 5.09. The number of carbonyl (C=O) groups is 2. The number of amides is 2. The molecule has 0 spiro atoms. The van der Waals surface area contributed by atoms with Crippen LogP contribution in [0.2, 0.25) is 0 Å². The van der Waals surface area contributed by atoms with Crippen LogP contribution in [0.4, 0.5) is 10.1 Å². The number of thiophene rings is 1. The highest BCUT2D eigenvalue weighted by molar-refractivity contribution is 7.13. The molecule has 7 heteroatoms. The van der Waals surface area contributed by atoms with E-state index in [1.54, 1.807) is 17.0 Å². The summed E-state index contributed by atoms with van der Waals surface area (Å²) in [6, 6.07) is 8.24. The minimum absolute atomic E-state index is 0.0158. The number of nitrogens with zero attached hydrogens (tertiary/aromatic N) is 2. The first-order valence-electron chi connectivity index (χ1n) is 7.66. The number of benzene rings is 1. The molecule has 1 aromatic heterocycles. The van der Waals surface area contributed by atoms with Crippen LogP contribution in [0.25, 0.3) is 0 Å². The summed E-state index contributed by atoms with van der Waals surface area (Å²) < 4.78 is 13.9. The molecule has 126 valence electrons. The van der Waals surface area contributed by atoms with E-state index in [2.05, 4.69) is 0 Å². The summed E-state index contributed by atoms with van der Waals surface area (Å²) >= 11 is 1.48. The van der Waals surface area contributed by atoms with Gasteiger partial charge < -0.3 is 15.5 Å². The molecular formula is C17H18FN3O2S. The van der Waals surface area contributed by atoms with Crippen molar-refractivity contribution in [2.75, 3.05) is 31.1 Å². The number of piperazine rings is 1. The fourth-order valence-electron chi connectivity index (χ4n) is 2.88. The summed E-state index contributed by atoms with van der Waals surface area (Å²) in [6.07, 6.45) is 0. The summed E-state index contributed by atoms with van der Waals surface area (Å²) in [4.78, 5) is 29.5. The smallest absolute Gasteiger partial charge is 0.264 e. The summed E-state index contributed by atoms with van der Waals surface area (Å²) in [5, 5.41) is 0. The molecule has 2 N–H and O–H groups in total. The second kappa shape index (κ2) is 6.60. The number of nitrogens with two attached hydrogens (primary N) is 1. The molecule has 3 rings (SSSR count). The van der Waals surface area contributed by atoms with Gasteiger partial charge in [-0.1, -0.05) is 6.07 Å². The maximum atomic E-state index is 13.9. The number of halogens is 1. The summed E-state index contributed by atoms with van der Waals surface area (Å²) in [5.41, 5.74) is 5.70. The molecule has 1 aliphatic rings. The molecule has 1 aliphatic heterocycles. The Kier molecular flexibility index (Phi) is 4.53. The Morgan fingerprint density at radius 2 is 1.83 bits per heavy atom. The van der Waals surface area contributed by atoms with Crippen LogP contribution in [0.3, 0.4) is 0 Å². The quantitative estimate of drug-likeness (QED) is 0.926. The van der Waals surface area contributed by atoms with Gasteiger partial charge in [0.05, 0.1) is 16.1 Å². The lowest BCUT2D eigenvalue weighted by atomic mass is 10.1. The van der Waals surface area contributed by atoms with Gasteiger partial charge in [0.2, 0.25) is 0 Å². The average Bonchev–Trinajstić information content (AvgIpc) is 3.00. The zero-order valence-corrected chi connectivity index (χ0v) is 14.1. The minimum atomic E-state index is -0.782. The van der Waals surface area contributed by atoms with E-state index >= 15 is 0 Å². The van der Waals surface area contributed by atoms with Crippen LogP contribution in [-0.4, -0.2) is 42.9 Å². The maximum Gasteiger partial charge on any atom is 0.264 e. The lowest BCUT2D eigenvalue weighted by Crippen LogP contribution is -2.49. The van der Waals surface area contributed by atoms with Gasteiger partial charge in [0.1, 0.15) is 5.82 Å². The average molecular weight is 347 g/mol. The first-order chi connectivity index (χ1) is 11.5. The van der Waals surface area contributed by atoms with Crippen LogP contribution in [0.5, 0.6) is 0 Å². The fourth-order valence-corrected chi connectivity index (χ4v) is 3.71. The first kappa shape index (κ1) is 16.4. The van der Waals surface area contributed by atoms with Crippen molar-refractivity contribution >= 4 is 28.8 Å². The summed E-state index contributed by atoms with van der Waals surface area (Å²) in [6.45, 7) is 4.06. The fraction of sp³-hybridized carbons (Fsp3) is 0.294. The molecular weight excluding hydrogens is 329 g/mol. The Hall–Kier alpha value is -2.41. The topological polar surface area (TPSA) is 66.6 Å². The van der Waals surface area contributed by atoms with Crippen molar-refractivity contribution in [3.05, 3.63) is 51.5 Å². The van der Waals surface area contributed by atoms with Gasteiger partial charge in [-0.05, 0) is 31.2 Å². The molecule has 1 aromatic carbocycles. The molecule has 1 fully saturated rings. The first-order valence-corrected chi connectivity index (χ1v) is 8.48. The standard InChI is InChI=1S/C17H18FN3O2S/c1-11-5-6-14(24-11)17(23)21-9-7-20(8-10-21)13-4-2-3-12(18)15(13)16(19)22/h2-6H,7-10H2,1H3,(H2,19,22). The van der Waals surface area contributed by atoms with Gasteiger partial charge in [0.25, 0.3) is 11.8 Å². The third-order valence-electron chi connectivity index (χ3n) is 4.10. The van der Waals surface area contributed by atoms with Gasteiger partial charge in [-0.3, -0.25) is 9.59 Å². The normalized spacial score (nSPS) is 14.8. The minimum Gasteiger partial charge on any atom is -0.367 e. The number of carbonyl (C=O) groups excluding carboxylic acids is 2. The van der Waals surface area contributed by atoms with E-state index in [-0.39, 0.29) is 11.5 Å². The molecule has 5 nitrogen and oxygen atoms in total. The van der Waals surface area contributed by atoms with E-state index in [0.29, 0.717) is 31.9 Å². The number of primary amides is 1. The van der Waals surface area contributed by atoms with Crippen molar-refractivity contribution in [1.29, 1.82) is 0 Å². The molecule has 2 aromatic rings. The molecule has 0 aliphatic carbocycles. The van der Waals surface area contributed by atoms with Crippen LogP contribution in [0, 0.1) is 12.7 Å². The molecule has 0 unspecified atom stereocenters. The number of hydrogen-bond acceptors (Lipinski definition) is 4. The van der Waals surface area contributed by atoms with Crippen LogP contribution in [0.1, 0.15) is 24.9 Å². The van der Waals surface area contributed by atoms with E-state index in [1.807, 2.05) is 24.0 Å². The Morgan fingerprint density at radius 1 is 1.12 bits per heavy atom. The van der Waals surface area contributed by atoms with Crippen LogP contribution in [-0.2, 0) is 0 Å². The number of aryl methyl sites for hydroxylation is 1. The van der Waals surface area contributed by atoms with Crippen molar-refractivity contribution in [2.45, 2.75) is 6.92 Å². The third kappa shape index (κ3) is 3.12.